The molecule has 3 N–H and O–H groups in total. The molecule has 0 atom stereocenters. The number of urea groups is 1. The lowest BCUT2D eigenvalue weighted by Crippen LogP contribution is -2.40. The fourth-order valence-corrected chi connectivity index (χ4v) is 1.70. The summed E-state index contributed by atoms with van der Waals surface area (Å²) in [4.78, 5) is 13.2. The molecule has 0 aliphatic heterocycles. The number of nitrogens with two attached hydrogens (primary N) is 1. The third-order valence-electron chi connectivity index (χ3n) is 2.49. The summed E-state index contributed by atoms with van der Waals surface area (Å²) in [6.45, 7) is 1.96. The highest BCUT2D eigenvalue weighted by Crippen LogP contribution is 2.34. The van der Waals surface area contributed by atoms with Crippen LogP contribution in [0.5, 0.6) is 0 Å². The number of para-hydroxylation sites is 1. The topological polar surface area (TPSA) is 58.4 Å². The van der Waals surface area contributed by atoms with Crippen LogP contribution < -0.4 is 11.1 Å². The molecular formula is C12H14F3N3OS. The number of anilines is 1. The Morgan fingerprint density at radius 2 is 2.00 bits per heavy atom. The van der Waals surface area contributed by atoms with Crippen molar-refractivity contribution in [1.29, 1.82) is 0 Å². The summed E-state index contributed by atoms with van der Waals surface area (Å²) in [6.07, 6.45) is -4.54. The Balaban J connectivity index is 2.93. The second kappa shape index (κ2) is 6.56. The summed E-state index contributed by atoms with van der Waals surface area (Å²) in [5.74, 6) is 0. The lowest BCUT2D eigenvalue weighted by Gasteiger charge is -2.22. The van der Waals surface area contributed by atoms with Gasteiger partial charge in [-0.2, -0.15) is 13.2 Å². The number of likely N-dealkylation sites (N-methyl/N-ethyl adjacent to an activating group) is 1. The first kappa shape index (κ1) is 16.2. The number of amides is 2. The molecule has 0 unspecified atom stereocenters. The van der Waals surface area contributed by atoms with Crippen molar-refractivity contribution in [3.05, 3.63) is 29.8 Å². The average molecular weight is 305 g/mol. The summed E-state index contributed by atoms with van der Waals surface area (Å²) in [5, 5.41) is 2.23. The van der Waals surface area contributed by atoms with Crippen molar-refractivity contribution < 1.29 is 18.0 Å². The zero-order chi connectivity index (χ0) is 15.3. The van der Waals surface area contributed by atoms with Gasteiger partial charge in [0, 0.05) is 6.54 Å². The van der Waals surface area contributed by atoms with E-state index in [4.69, 9.17) is 5.73 Å². The number of carbonyl (C=O) groups is 1. The minimum Gasteiger partial charge on any atom is -0.392 e. The van der Waals surface area contributed by atoms with Crippen LogP contribution in [0.15, 0.2) is 24.3 Å². The van der Waals surface area contributed by atoms with Gasteiger partial charge in [-0.05, 0) is 19.1 Å². The molecule has 4 nitrogen and oxygen atoms in total. The maximum Gasteiger partial charge on any atom is 0.418 e. The Morgan fingerprint density at radius 3 is 2.50 bits per heavy atom. The fraction of sp³-hybridized carbons (Fsp3) is 0.333. The molecule has 2 amide bonds. The van der Waals surface area contributed by atoms with Gasteiger partial charge in [-0.15, -0.1) is 0 Å². The van der Waals surface area contributed by atoms with Crippen molar-refractivity contribution in [3.8, 4) is 0 Å². The van der Waals surface area contributed by atoms with Gasteiger partial charge in [-0.25, -0.2) is 4.79 Å². The van der Waals surface area contributed by atoms with E-state index in [-0.39, 0.29) is 23.8 Å². The number of thiocarbonyl (C=S) groups is 1. The predicted molar refractivity (Wildman–Crippen MR) is 74.5 cm³/mol. The molecule has 0 aliphatic rings. The number of nitrogens with zero attached hydrogens (tertiary/aromatic N) is 1. The molecule has 0 aromatic heterocycles. The van der Waals surface area contributed by atoms with Crippen LogP contribution in [0.1, 0.15) is 12.5 Å². The number of rotatable bonds is 4. The normalized spacial score (nSPS) is 11.0. The largest absolute Gasteiger partial charge is 0.418 e. The summed E-state index contributed by atoms with van der Waals surface area (Å²) in [6, 6.07) is 4.08. The number of halogens is 3. The van der Waals surface area contributed by atoms with Crippen LogP contribution in [-0.4, -0.2) is 29.0 Å². The highest BCUT2D eigenvalue weighted by atomic mass is 32.1. The molecule has 1 aromatic carbocycles. The minimum atomic E-state index is -4.54. The van der Waals surface area contributed by atoms with Gasteiger partial charge in [-0.1, -0.05) is 24.4 Å². The van der Waals surface area contributed by atoms with E-state index >= 15 is 0 Å². The third-order valence-corrected chi connectivity index (χ3v) is 2.62. The Hall–Kier alpha value is -1.83. The highest BCUT2D eigenvalue weighted by Gasteiger charge is 2.33. The van der Waals surface area contributed by atoms with Crippen molar-refractivity contribution in [1.82, 2.24) is 4.90 Å². The highest BCUT2D eigenvalue weighted by molar-refractivity contribution is 7.80. The monoisotopic (exact) mass is 305 g/mol. The molecule has 1 rings (SSSR count). The van der Waals surface area contributed by atoms with E-state index in [2.05, 4.69) is 17.5 Å². The fourth-order valence-electron chi connectivity index (χ4n) is 1.55. The van der Waals surface area contributed by atoms with E-state index in [0.717, 1.165) is 6.07 Å². The maximum absolute atomic E-state index is 12.8. The van der Waals surface area contributed by atoms with Crippen molar-refractivity contribution in [2.75, 3.05) is 18.4 Å². The Bertz CT molecular complexity index is 505. The van der Waals surface area contributed by atoms with Crippen LogP contribution in [0, 0.1) is 0 Å². The van der Waals surface area contributed by atoms with Gasteiger partial charge < -0.3 is 16.0 Å². The van der Waals surface area contributed by atoms with Gasteiger partial charge >= 0.3 is 12.2 Å². The molecule has 0 fully saturated rings. The third kappa shape index (κ3) is 4.37. The molecule has 0 saturated heterocycles. The van der Waals surface area contributed by atoms with E-state index in [0.29, 0.717) is 0 Å². The zero-order valence-corrected chi connectivity index (χ0v) is 11.5. The van der Waals surface area contributed by atoms with E-state index in [9.17, 15) is 18.0 Å². The first-order valence-corrected chi connectivity index (χ1v) is 6.17. The quantitative estimate of drug-likeness (QED) is 0.841. The molecule has 0 spiro atoms. The maximum atomic E-state index is 12.8. The molecule has 1 aromatic rings. The number of carbonyl (C=O) groups excluding carboxylic acids is 1. The van der Waals surface area contributed by atoms with Crippen molar-refractivity contribution >= 4 is 28.9 Å². The molecule has 0 radical (unpaired) electrons. The van der Waals surface area contributed by atoms with Crippen LogP contribution in [0.25, 0.3) is 0 Å². The van der Waals surface area contributed by atoms with Crippen LogP contribution in [0.2, 0.25) is 0 Å². The van der Waals surface area contributed by atoms with Crippen LogP contribution >= 0.6 is 12.2 Å². The van der Waals surface area contributed by atoms with Crippen molar-refractivity contribution in [2.45, 2.75) is 13.1 Å². The number of hydrogen-bond acceptors (Lipinski definition) is 2. The molecule has 20 heavy (non-hydrogen) atoms. The molecule has 110 valence electrons. The smallest absolute Gasteiger partial charge is 0.392 e. The van der Waals surface area contributed by atoms with Gasteiger partial charge in [0.1, 0.15) is 0 Å². The summed E-state index contributed by atoms with van der Waals surface area (Å²) in [7, 11) is 0. The zero-order valence-electron chi connectivity index (χ0n) is 10.7. The first-order chi connectivity index (χ1) is 9.25. The first-order valence-electron chi connectivity index (χ1n) is 5.76. The van der Waals surface area contributed by atoms with E-state index in [1.54, 1.807) is 6.92 Å². The minimum absolute atomic E-state index is 0.00580. The van der Waals surface area contributed by atoms with Gasteiger partial charge in [0.15, 0.2) is 0 Å². The predicted octanol–water partition coefficient (Wildman–Crippen LogP) is 2.85. The lowest BCUT2D eigenvalue weighted by molar-refractivity contribution is -0.136. The summed E-state index contributed by atoms with van der Waals surface area (Å²) >= 11 is 4.68. The molecule has 0 saturated carbocycles. The number of alkyl halides is 3. The Morgan fingerprint density at radius 1 is 1.40 bits per heavy atom. The van der Waals surface area contributed by atoms with Crippen molar-refractivity contribution in [2.24, 2.45) is 5.73 Å². The average Bonchev–Trinajstić information content (AvgIpc) is 2.34. The number of benzene rings is 1. The Kier molecular flexibility index (Phi) is 5.32. The second-order valence-electron chi connectivity index (χ2n) is 3.95. The van der Waals surface area contributed by atoms with Gasteiger partial charge in [0.25, 0.3) is 0 Å². The van der Waals surface area contributed by atoms with Gasteiger partial charge in [0.05, 0.1) is 22.8 Å². The number of hydrogen-bond donors (Lipinski definition) is 2. The lowest BCUT2D eigenvalue weighted by atomic mass is 10.1. The van der Waals surface area contributed by atoms with Gasteiger partial charge in [-0.3, -0.25) is 0 Å². The molecular weight excluding hydrogens is 291 g/mol. The molecule has 0 aliphatic carbocycles. The number of nitrogens with one attached hydrogen (secondary N) is 1. The van der Waals surface area contributed by atoms with Gasteiger partial charge in [0.2, 0.25) is 0 Å². The molecule has 8 heteroatoms. The van der Waals surface area contributed by atoms with E-state index < -0.39 is 17.8 Å². The second-order valence-corrected chi connectivity index (χ2v) is 4.48. The summed E-state index contributed by atoms with van der Waals surface area (Å²) in [5.41, 5.74) is 4.13. The van der Waals surface area contributed by atoms with Crippen LogP contribution in [0.4, 0.5) is 23.7 Å². The van der Waals surface area contributed by atoms with E-state index in [1.807, 2.05) is 0 Å². The van der Waals surface area contributed by atoms with Crippen molar-refractivity contribution in [3.63, 3.8) is 0 Å². The molecule has 0 heterocycles. The van der Waals surface area contributed by atoms with Crippen LogP contribution in [0.3, 0.4) is 0 Å². The van der Waals surface area contributed by atoms with Crippen LogP contribution in [-0.2, 0) is 6.18 Å². The molecule has 0 bridgehead atoms. The summed E-state index contributed by atoms with van der Waals surface area (Å²) < 4.78 is 38.4. The van der Waals surface area contributed by atoms with E-state index in [1.165, 1.54) is 23.1 Å². The SMILES string of the molecule is CCN(CC(N)=S)C(=O)Nc1ccccc1C(F)(F)F. The Labute approximate surface area is 119 Å². The standard InChI is InChI=1S/C12H14F3N3OS/c1-2-18(7-10(16)20)11(19)17-9-6-4-3-5-8(9)12(13,14)15/h3-6H,2,7H2,1H3,(H2,16,20)(H,17,19).